The lowest BCUT2D eigenvalue weighted by Gasteiger charge is -2.04. The number of nitrogens with zero attached hydrogens (tertiary/aromatic N) is 4. The zero-order chi connectivity index (χ0) is 14.9. The van der Waals surface area contributed by atoms with E-state index in [0.29, 0.717) is 5.49 Å². The number of rotatable bonds is 2. The van der Waals surface area contributed by atoms with Gasteiger partial charge >= 0.3 is 0 Å². The van der Waals surface area contributed by atoms with Gasteiger partial charge in [-0.25, -0.2) is 4.98 Å². The van der Waals surface area contributed by atoms with Crippen molar-refractivity contribution >= 4 is 16.3 Å². The molecule has 0 bridgehead atoms. The molecular formula is C16H11N5S. The molecule has 0 aliphatic rings. The summed E-state index contributed by atoms with van der Waals surface area (Å²) >= 11 is 1.52. The molecule has 0 atom stereocenters. The first-order valence-electron chi connectivity index (χ1n) is 6.69. The second-order valence-corrected chi connectivity index (χ2v) is 5.59. The second kappa shape index (κ2) is 5.16. The highest BCUT2D eigenvalue weighted by molar-refractivity contribution is 7.15. The maximum Gasteiger partial charge on any atom is 0.196 e. The van der Waals surface area contributed by atoms with Crippen molar-refractivity contribution in [2.75, 3.05) is 0 Å². The van der Waals surface area contributed by atoms with Gasteiger partial charge in [0.05, 0.1) is 11.4 Å². The average molecular weight is 305 g/mol. The number of fused-ring (bicyclic) bond motifs is 1. The van der Waals surface area contributed by atoms with Crippen molar-refractivity contribution in [1.82, 2.24) is 19.4 Å². The fraction of sp³-hybridized carbons (Fsp3) is 0. The molecule has 0 aliphatic carbocycles. The molecule has 0 aliphatic heterocycles. The van der Waals surface area contributed by atoms with Gasteiger partial charge in [-0.1, -0.05) is 0 Å². The molecule has 6 heteroatoms. The molecule has 0 amide bonds. The topological polar surface area (TPSA) is 66.9 Å². The Morgan fingerprint density at radius 2 is 1.73 bits per heavy atom. The van der Waals surface area contributed by atoms with Crippen molar-refractivity contribution < 1.29 is 0 Å². The first-order valence-corrected chi connectivity index (χ1v) is 7.57. The second-order valence-electron chi connectivity index (χ2n) is 4.75. The van der Waals surface area contributed by atoms with Crippen molar-refractivity contribution in [3.05, 3.63) is 66.0 Å². The summed E-state index contributed by atoms with van der Waals surface area (Å²) in [4.78, 5) is 13.7. The normalized spacial score (nSPS) is 10.9. The smallest absolute Gasteiger partial charge is 0.196 e. The fourth-order valence-electron chi connectivity index (χ4n) is 2.33. The number of aromatic nitrogens is 4. The predicted octanol–water partition coefficient (Wildman–Crippen LogP) is 3.00. The molecule has 0 aromatic carbocycles. The van der Waals surface area contributed by atoms with E-state index in [1.807, 2.05) is 34.0 Å². The quantitative estimate of drug-likeness (QED) is 0.619. The number of pyridine rings is 2. The number of thiazole rings is 1. The molecule has 4 aromatic heterocycles. The Labute approximate surface area is 130 Å². The summed E-state index contributed by atoms with van der Waals surface area (Å²) < 4.78 is 1.83. The van der Waals surface area contributed by atoms with Gasteiger partial charge in [0.15, 0.2) is 4.96 Å². The van der Waals surface area contributed by atoms with Crippen molar-refractivity contribution in [2.45, 2.75) is 0 Å². The van der Waals surface area contributed by atoms with Crippen LogP contribution < -0.4 is 5.49 Å². The minimum absolute atomic E-state index is 0.393. The molecule has 4 aromatic rings. The molecule has 0 unspecified atom stereocenters. The molecule has 0 radical (unpaired) electrons. The Bertz CT molecular complexity index is 989. The summed E-state index contributed by atoms with van der Waals surface area (Å²) in [5, 5.41) is 10.4. The standard InChI is InChI=1S/C16H11N5S/c17-15-7-13(11-3-1-5-18-8-11)20-16-21(15)14(10-22-16)12-4-2-6-19-9-12/h1-10,17H. The lowest BCUT2D eigenvalue weighted by atomic mass is 10.2. The van der Waals surface area contributed by atoms with E-state index < -0.39 is 0 Å². The Kier molecular flexibility index (Phi) is 3.01. The molecule has 4 rings (SSSR count). The lowest BCUT2D eigenvalue weighted by Crippen LogP contribution is -2.14. The first kappa shape index (κ1) is 12.8. The van der Waals surface area contributed by atoms with E-state index in [-0.39, 0.29) is 0 Å². The third-order valence-corrected chi connectivity index (χ3v) is 4.18. The molecule has 0 spiro atoms. The van der Waals surface area contributed by atoms with E-state index in [2.05, 4.69) is 15.0 Å². The molecule has 1 N–H and O–H groups in total. The van der Waals surface area contributed by atoms with E-state index in [0.717, 1.165) is 27.5 Å². The fourth-order valence-corrected chi connectivity index (χ4v) is 3.24. The van der Waals surface area contributed by atoms with Gasteiger partial charge in [-0.2, -0.15) is 0 Å². The number of hydrogen-bond acceptors (Lipinski definition) is 5. The minimum atomic E-state index is 0.393. The molecule has 106 valence electrons. The molecule has 0 fully saturated rings. The van der Waals surface area contributed by atoms with E-state index in [1.54, 1.807) is 30.9 Å². The third-order valence-electron chi connectivity index (χ3n) is 3.35. The van der Waals surface area contributed by atoms with Gasteiger partial charge in [0.25, 0.3) is 0 Å². The van der Waals surface area contributed by atoms with Crippen LogP contribution in [-0.4, -0.2) is 19.4 Å². The molecule has 0 saturated heterocycles. The maximum atomic E-state index is 8.35. The van der Waals surface area contributed by atoms with E-state index in [1.165, 1.54) is 11.3 Å². The van der Waals surface area contributed by atoms with Crippen LogP contribution in [0.4, 0.5) is 0 Å². The van der Waals surface area contributed by atoms with Crippen LogP contribution in [0.25, 0.3) is 27.5 Å². The highest BCUT2D eigenvalue weighted by Gasteiger charge is 2.10. The van der Waals surface area contributed by atoms with Gasteiger partial charge < -0.3 is 0 Å². The molecule has 4 heterocycles. The summed E-state index contributed by atoms with van der Waals surface area (Å²) in [5.41, 5.74) is 3.97. The molecule has 5 nitrogen and oxygen atoms in total. The Balaban J connectivity index is 1.94. The van der Waals surface area contributed by atoms with Crippen molar-refractivity contribution in [2.24, 2.45) is 0 Å². The maximum absolute atomic E-state index is 8.35. The predicted molar refractivity (Wildman–Crippen MR) is 85.4 cm³/mol. The Morgan fingerprint density at radius 3 is 2.41 bits per heavy atom. The highest BCUT2D eigenvalue weighted by Crippen LogP contribution is 2.24. The van der Waals surface area contributed by atoms with Crippen LogP contribution in [-0.2, 0) is 0 Å². The largest absolute Gasteiger partial charge is 0.284 e. The van der Waals surface area contributed by atoms with Crippen LogP contribution in [0.2, 0.25) is 0 Å². The average Bonchev–Trinajstić information content (AvgIpc) is 3.01. The zero-order valence-electron chi connectivity index (χ0n) is 11.5. The Hall–Kier alpha value is -2.86. The van der Waals surface area contributed by atoms with Gasteiger partial charge in [0.1, 0.15) is 5.49 Å². The van der Waals surface area contributed by atoms with Gasteiger partial charge in [-0.3, -0.25) is 19.8 Å². The van der Waals surface area contributed by atoms with Crippen LogP contribution in [0.5, 0.6) is 0 Å². The highest BCUT2D eigenvalue weighted by atomic mass is 32.1. The summed E-state index contributed by atoms with van der Waals surface area (Å²) in [7, 11) is 0. The number of hydrogen-bond donors (Lipinski definition) is 1. The van der Waals surface area contributed by atoms with Gasteiger partial charge in [-0.15, -0.1) is 11.3 Å². The van der Waals surface area contributed by atoms with Crippen molar-refractivity contribution in [3.8, 4) is 22.5 Å². The third kappa shape index (κ3) is 2.10. The molecule has 22 heavy (non-hydrogen) atoms. The summed E-state index contributed by atoms with van der Waals surface area (Å²) in [5.74, 6) is 0. The van der Waals surface area contributed by atoms with Crippen LogP contribution in [0, 0.1) is 5.41 Å². The van der Waals surface area contributed by atoms with Crippen LogP contribution >= 0.6 is 11.3 Å². The van der Waals surface area contributed by atoms with Crippen molar-refractivity contribution in [1.29, 1.82) is 5.41 Å². The number of nitrogens with one attached hydrogen (secondary N) is 1. The van der Waals surface area contributed by atoms with E-state index >= 15 is 0 Å². The van der Waals surface area contributed by atoms with Crippen LogP contribution in [0.15, 0.2) is 60.5 Å². The van der Waals surface area contributed by atoms with Crippen LogP contribution in [0.1, 0.15) is 0 Å². The van der Waals surface area contributed by atoms with E-state index in [9.17, 15) is 0 Å². The molecular weight excluding hydrogens is 294 g/mol. The lowest BCUT2D eigenvalue weighted by molar-refractivity contribution is 1.00. The first-order chi connectivity index (χ1) is 10.8. The van der Waals surface area contributed by atoms with Gasteiger partial charge in [0.2, 0.25) is 0 Å². The summed E-state index contributed by atoms with van der Waals surface area (Å²) in [6.45, 7) is 0. The van der Waals surface area contributed by atoms with Crippen LogP contribution in [0.3, 0.4) is 0 Å². The minimum Gasteiger partial charge on any atom is -0.284 e. The van der Waals surface area contributed by atoms with Gasteiger partial charge in [-0.05, 0) is 24.3 Å². The zero-order valence-corrected chi connectivity index (χ0v) is 12.3. The summed E-state index contributed by atoms with van der Waals surface area (Å²) in [6.07, 6.45) is 7.02. The monoisotopic (exact) mass is 305 g/mol. The van der Waals surface area contributed by atoms with Gasteiger partial charge in [0, 0.05) is 47.4 Å². The summed E-state index contributed by atoms with van der Waals surface area (Å²) in [6, 6.07) is 9.45. The SMILES string of the molecule is N=c1cc(-c2cccnc2)nc2scc(-c3cccnc3)n12. The van der Waals surface area contributed by atoms with E-state index in [4.69, 9.17) is 5.41 Å². The Morgan fingerprint density at radius 1 is 1.00 bits per heavy atom. The molecule has 0 saturated carbocycles. The van der Waals surface area contributed by atoms with Crippen molar-refractivity contribution in [3.63, 3.8) is 0 Å².